The highest BCUT2D eigenvalue weighted by Crippen LogP contribution is 2.41. The van der Waals surface area contributed by atoms with Gasteiger partial charge < -0.3 is 25.4 Å². The summed E-state index contributed by atoms with van der Waals surface area (Å²) in [5, 5.41) is 41.2. The molecule has 3 atom stereocenters. The van der Waals surface area contributed by atoms with Gasteiger partial charge in [-0.05, 0) is 62.8 Å². The van der Waals surface area contributed by atoms with E-state index in [1.807, 2.05) is 24.4 Å². The molecule has 42 heavy (non-hydrogen) atoms. The highest BCUT2D eigenvalue weighted by atomic mass is 32.1. The zero-order valence-corrected chi connectivity index (χ0v) is 24.1. The molecule has 3 N–H and O–H groups in total. The Kier molecular flexibility index (Phi) is 6.56. The number of hydrogen-bond donors (Lipinski definition) is 3. The molecule has 1 amide bonds. The van der Waals surface area contributed by atoms with Crippen LogP contribution in [0.5, 0.6) is 0 Å². The minimum absolute atomic E-state index is 0.0657. The molecule has 2 aliphatic heterocycles. The van der Waals surface area contributed by atoms with Crippen LogP contribution < -0.4 is 15.5 Å². The molecule has 3 fully saturated rings. The number of rotatable bonds is 7. The van der Waals surface area contributed by atoms with Crippen molar-refractivity contribution in [2.45, 2.75) is 44.4 Å². The number of pyridine rings is 1. The van der Waals surface area contributed by atoms with Crippen molar-refractivity contribution in [2.24, 2.45) is 11.8 Å². The summed E-state index contributed by atoms with van der Waals surface area (Å²) in [5.74, 6) is 0.280. The number of nitrogens with zero attached hydrogens (tertiary/aromatic N) is 7. The van der Waals surface area contributed by atoms with Gasteiger partial charge in [0.25, 0.3) is 5.91 Å². The van der Waals surface area contributed by atoms with Crippen LogP contribution in [-0.2, 0) is 9.53 Å². The average Bonchev–Trinajstić information content (AvgIpc) is 3.66. The number of nitrogens with one attached hydrogen (secondary N) is 2. The van der Waals surface area contributed by atoms with E-state index in [0.29, 0.717) is 30.6 Å². The van der Waals surface area contributed by atoms with Gasteiger partial charge in [-0.15, -0.1) is 10.2 Å². The van der Waals surface area contributed by atoms with Gasteiger partial charge in [0.2, 0.25) is 5.13 Å². The molecule has 12 nitrogen and oxygen atoms in total. The van der Waals surface area contributed by atoms with Crippen LogP contribution in [0.2, 0.25) is 0 Å². The molecule has 1 saturated carbocycles. The Balaban J connectivity index is 1.15. The Bertz CT molecular complexity index is 1690. The van der Waals surface area contributed by atoms with E-state index in [2.05, 4.69) is 36.9 Å². The molecule has 1 unspecified atom stereocenters. The average molecular weight is 586 g/mol. The molecule has 4 aromatic heterocycles. The molecule has 2 bridgehead atoms. The maximum atomic E-state index is 12.5. The number of aromatic nitrogens is 5. The Labute approximate surface area is 246 Å². The molecule has 6 heterocycles. The van der Waals surface area contributed by atoms with E-state index in [4.69, 9.17) is 9.72 Å². The number of ether oxygens (including phenoxy) is 1. The van der Waals surface area contributed by atoms with Crippen LogP contribution in [0.1, 0.15) is 32.3 Å². The lowest BCUT2D eigenvalue weighted by molar-refractivity contribution is -0.137. The van der Waals surface area contributed by atoms with Gasteiger partial charge in [0.15, 0.2) is 5.01 Å². The summed E-state index contributed by atoms with van der Waals surface area (Å²) >= 11 is 1.54. The number of hydrogen-bond acceptors (Lipinski definition) is 11. The lowest BCUT2D eigenvalue weighted by Crippen LogP contribution is -2.56. The molecule has 13 heteroatoms. The lowest BCUT2D eigenvalue weighted by atomic mass is 9.91. The van der Waals surface area contributed by atoms with Crippen molar-refractivity contribution in [3.05, 3.63) is 42.2 Å². The Morgan fingerprint density at radius 2 is 1.95 bits per heavy atom. The first-order valence-corrected chi connectivity index (χ1v) is 14.9. The predicted molar refractivity (Wildman–Crippen MR) is 157 cm³/mol. The molecule has 0 spiro atoms. The highest BCUT2D eigenvalue weighted by Gasteiger charge is 2.44. The van der Waals surface area contributed by atoms with Crippen molar-refractivity contribution in [1.82, 2.24) is 30.1 Å². The summed E-state index contributed by atoms with van der Waals surface area (Å²) in [5.41, 5.74) is 3.27. The van der Waals surface area contributed by atoms with E-state index >= 15 is 0 Å². The fraction of sp³-hybridized carbons (Fsp3) is 0.448. The molecule has 216 valence electrons. The van der Waals surface area contributed by atoms with Crippen LogP contribution in [0.4, 0.5) is 10.8 Å². The first-order valence-electron chi connectivity index (χ1n) is 14.1. The van der Waals surface area contributed by atoms with Crippen molar-refractivity contribution >= 4 is 33.6 Å². The molecule has 3 aliphatic rings. The molecular weight excluding hydrogens is 554 g/mol. The van der Waals surface area contributed by atoms with Crippen LogP contribution in [0.25, 0.3) is 27.5 Å². The number of piperidine rings is 1. The monoisotopic (exact) mass is 585 g/mol. The van der Waals surface area contributed by atoms with Gasteiger partial charge in [-0.1, -0.05) is 11.3 Å². The second-order valence-corrected chi connectivity index (χ2v) is 12.8. The standard InChI is InChI=1S/C29H31N9O3S/c1-29(2,40)27(39)34-25-17-3-4-18(25)13-37(12-17)28-36-35-26(42-28)21-11-31-23(8-22(21)33-19-14-41-15-19)24-6-5-20-7-16(9-30)10-32-38(20)24/h5-8,10-11,17-19,25,40H,3-4,12-15H2,1-2H3,(H,31,33)(H,34,39)/t17-,18+,25?. The third-order valence-corrected chi connectivity index (χ3v) is 9.41. The molecule has 1 aliphatic carbocycles. The van der Waals surface area contributed by atoms with Gasteiger partial charge >= 0.3 is 0 Å². The first-order chi connectivity index (χ1) is 20.3. The number of carbonyl (C=O) groups is 1. The first kappa shape index (κ1) is 26.8. The minimum atomic E-state index is -1.39. The summed E-state index contributed by atoms with van der Waals surface area (Å²) in [6.45, 7) is 5.87. The van der Waals surface area contributed by atoms with E-state index in [0.717, 1.165) is 64.2 Å². The molecule has 0 radical (unpaired) electrons. The Hall–Kier alpha value is -4.12. The van der Waals surface area contributed by atoms with E-state index < -0.39 is 5.60 Å². The number of amides is 1. The molecule has 7 rings (SSSR count). The normalized spacial score (nSPS) is 22.1. The van der Waals surface area contributed by atoms with Crippen LogP contribution >= 0.6 is 11.3 Å². The minimum Gasteiger partial charge on any atom is -0.381 e. The predicted octanol–water partition coefficient (Wildman–Crippen LogP) is 2.70. The summed E-state index contributed by atoms with van der Waals surface area (Å²) in [7, 11) is 0. The van der Waals surface area contributed by atoms with Crippen molar-refractivity contribution in [3.63, 3.8) is 0 Å². The highest BCUT2D eigenvalue weighted by molar-refractivity contribution is 7.18. The zero-order valence-electron chi connectivity index (χ0n) is 23.3. The molecule has 2 saturated heterocycles. The third-order valence-electron chi connectivity index (χ3n) is 8.40. The largest absolute Gasteiger partial charge is 0.381 e. The number of carbonyl (C=O) groups excluding carboxylic acids is 1. The topological polar surface area (TPSA) is 154 Å². The number of fused-ring (bicyclic) bond motifs is 3. The summed E-state index contributed by atoms with van der Waals surface area (Å²) in [6.07, 6.45) is 5.45. The Morgan fingerprint density at radius 3 is 2.64 bits per heavy atom. The number of aliphatic hydroxyl groups is 1. The van der Waals surface area contributed by atoms with E-state index in [1.54, 1.807) is 16.8 Å². The van der Waals surface area contributed by atoms with Crippen LogP contribution in [0.15, 0.2) is 36.7 Å². The second kappa shape index (κ2) is 10.3. The van der Waals surface area contributed by atoms with Gasteiger partial charge in [-0.25, -0.2) is 4.52 Å². The summed E-state index contributed by atoms with van der Waals surface area (Å²) < 4.78 is 7.19. The zero-order chi connectivity index (χ0) is 29.0. The molecule has 4 aromatic rings. The van der Waals surface area contributed by atoms with Gasteiger partial charge in [-0.2, -0.15) is 10.4 Å². The van der Waals surface area contributed by atoms with Gasteiger partial charge in [0, 0.05) is 31.0 Å². The van der Waals surface area contributed by atoms with E-state index in [1.165, 1.54) is 25.2 Å². The van der Waals surface area contributed by atoms with Crippen LogP contribution in [0.3, 0.4) is 0 Å². The summed E-state index contributed by atoms with van der Waals surface area (Å²) in [4.78, 5) is 19.5. The van der Waals surface area contributed by atoms with E-state index in [-0.39, 0.29) is 18.0 Å². The number of anilines is 2. The van der Waals surface area contributed by atoms with Crippen LogP contribution in [0, 0.1) is 23.2 Å². The second-order valence-electron chi connectivity index (χ2n) is 11.9. The van der Waals surface area contributed by atoms with Crippen molar-refractivity contribution in [2.75, 3.05) is 36.5 Å². The van der Waals surface area contributed by atoms with Crippen molar-refractivity contribution in [1.29, 1.82) is 5.26 Å². The van der Waals surface area contributed by atoms with Gasteiger partial charge in [0.05, 0.1) is 53.5 Å². The molecular formula is C29H31N9O3S. The SMILES string of the molecule is CC(C)(O)C(=O)NC1[C@@H]2CC[C@H]1CN(c1nnc(-c3cnc(-c4ccc5cc(C#N)cnn45)cc3NC3COC3)s1)C2. The maximum absolute atomic E-state index is 12.5. The van der Waals surface area contributed by atoms with Crippen molar-refractivity contribution < 1.29 is 14.6 Å². The summed E-state index contributed by atoms with van der Waals surface area (Å²) in [6, 6.07) is 10.1. The quantitative estimate of drug-likeness (QED) is 0.295. The fourth-order valence-corrected chi connectivity index (χ4v) is 6.96. The van der Waals surface area contributed by atoms with Crippen LogP contribution in [-0.4, -0.2) is 79.8 Å². The smallest absolute Gasteiger partial charge is 0.251 e. The van der Waals surface area contributed by atoms with Gasteiger partial charge in [0.1, 0.15) is 11.7 Å². The third kappa shape index (κ3) is 4.85. The number of nitriles is 1. The van der Waals surface area contributed by atoms with E-state index in [9.17, 15) is 15.2 Å². The van der Waals surface area contributed by atoms with Crippen molar-refractivity contribution in [3.8, 4) is 28.0 Å². The molecule has 0 aromatic carbocycles. The van der Waals surface area contributed by atoms with Gasteiger partial charge in [-0.3, -0.25) is 9.78 Å². The fourth-order valence-electron chi connectivity index (χ4n) is 6.07. The maximum Gasteiger partial charge on any atom is 0.251 e. The lowest BCUT2D eigenvalue weighted by Gasteiger charge is -2.38. The Morgan fingerprint density at radius 1 is 1.17 bits per heavy atom.